The molecule has 24 atom stereocenters. The number of ether oxygens (including phenoxy) is 24. The van der Waals surface area contributed by atoms with Crippen LogP contribution in [0.2, 0.25) is 0 Å². The van der Waals surface area contributed by atoms with Gasteiger partial charge in [-0.1, -0.05) is 0 Å². The predicted octanol–water partition coefficient (Wildman–Crippen LogP) is -0.655. The number of hydrogen-bond acceptors (Lipinski definition) is 51. The summed E-state index contributed by atoms with van der Waals surface area (Å²) in [5.41, 5.74) is 0. The van der Waals surface area contributed by atoms with E-state index in [9.17, 15) is 95.9 Å². The molecule has 0 amide bonds. The van der Waals surface area contributed by atoms with Gasteiger partial charge < -0.3 is 114 Å². The average Bonchev–Trinajstić information content (AvgIpc) is 0.754. The number of carbonyl (C=O) groups is 20. The minimum atomic E-state index is -7.52. The Bertz CT molecular complexity index is 3450. The number of phosphoric acid groups is 2. The molecule has 680 valence electrons. The molecule has 0 saturated carbocycles. The van der Waals surface area contributed by atoms with Crippen LogP contribution in [0.4, 0.5) is 0 Å². The van der Waals surface area contributed by atoms with E-state index in [1.54, 1.807) is 0 Å². The predicted molar refractivity (Wildman–Crippen MR) is 371 cm³/mol. The lowest BCUT2D eigenvalue weighted by Gasteiger charge is -2.48. The van der Waals surface area contributed by atoms with E-state index in [4.69, 9.17) is 136 Å². The monoisotopic (exact) mass is 1790 g/mol. The van der Waals surface area contributed by atoms with Crippen molar-refractivity contribution in [2.24, 2.45) is 0 Å². The minimum absolute atomic E-state index is 0.609. The molecule has 0 aliphatic carbocycles. The fourth-order valence-electron chi connectivity index (χ4n) is 11.9. The lowest BCUT2D eigenvalue weighted by Crippen LogP contribution is -2.66. The molecule has 4 rings (SSSR count). The number of hydrogen-bond donors (Lipinski definition) is 0. The van der Waals surface area contributed by atoms with E-state index in [-0.39, 0.29) is 0 Å². The molecule has 0 aromatic heterocycles. The molecule has 4 saturated heterocycles. The van der Waals surface area contributed by atoms with Gasteiger partial charge in [0, 0.05) is 138 Å². The summed E-state index contributed by atoms with van der Waals surface area (Å²) >= 11 is 0. The van der Waals surface area contributed by atoms with Crippen LogP contribution in [-0.4, -0.2) is 293 Å². The Balaban J connectivity index is 2.58. The highest BCUT2D eigenvalue weighted by Crippen LogP contribution is 2.70. The molecule has 0 N–H and O–H groups in total. The molecule has 4 aliphatic heterocycles. The highest BCUT2D eigenvalue weighted by molar-refractivity contribution is 7.62. The van der Waals surface area contributed by atoms with Crippen molar-refractivity contribution in [3.63, 3.8) is 0 Å². The van der Waals surface area contributed by atoms with Crippen LogP contribution < -0.4 is 0 Å². The second-order valence-electron chi connectivity index (χ2n) is 26.0. The quantitative estimate of drug-likeness (QED) is 0.0421. The van der Waals surface area contributed by atoms with Crippen molar-refractivity contribution in [2.45, 2.75) is 286 Å². The summed E-state index contributed by atoms with van der Waals surface area (Å²) in [4.78, 5) is 265. The molecular weight excluding hydrogens is 1690 g/mol. The van der Waals surface area contributed by atoms with Crippen LogP contribution in [-0.2, 0) is 241 Å². The van der Waals surface area contributed by atoms with Crippen molar-refractivity contribution in [1.82, 2.24) is 0 Å². The van der Waals surface area contributed by atoms with Crippen molar-refractivity contribution in [3.05, 3.63) is 0 Å². The smallest absolute Gasteiger partial charge is 0.462 e. The van der Waals surface area contributed by atoms with Crippen LogP contribution in [0.1, 0.15) is 138 Å². The van der Waals surface area contributed by atoms with Crippen LogP contribution in [0.5, 0.6) is 0 Å². The van der Waals surface area contributed by atoms with Gasteiger partial charge in [0.2, 0.25) is 25.2 Å². The highest BCUT2D eigenvalue weighted by atomic mass is 31.3. The number of phosphoric ester groups is 2. The number of carbonyl (C=O) groups excluding carboxylic acids is 20. The third kappa shape index (κ3) is 33.1. The molecular formula is C68H92O51P2. The van der Waals surface area contributed by atoms with Gasteiger partial charge >= 0.3 is 135 Å². The zero-order valence-electron chi connectivity index (χ0n) is 68.4. The van der Waals surface area contributed by atoms with Gasteiger partial charge in [-0.25, -0.2) is 9.13 Å². The third-order valence-electron chi connectivity index (χ3n) is 15.4. The van der Waals surface area contributed by atoms with Gasteiger partial charge in [-0.3, -0.25) is 114 Å². The SMILES string of the molecule is CC(=O)OC[C@H](OC(C)=O)[C@H]1O[C@H](OP(=O)(O[C@H]2O[C@H]([C@H](COC(C)=O)OC(C)=O)[C@@H](OC(C)=O)[C@H](OC(C)=O)[C@@H]2OC(C)=O)OP(=O)(O[C@H]2O[C@H]([C@H](COC(C)=O)OC(C)=O)[C@@H](OC(C)=O)[C@H](OC(C)=O)[C@@H]2OC(C)=O)O[C@H]2O[C@H]([C@H](COC(C)=O)OC(C)=O)[C@@H](OC(C)=O)[C@H](OC(C)=O)[C@@H]2OC(C)=O)[C@@H](OC(C)=O)[C@@H](OC(C)=O)[C@@H]1OC(C)=O. The van der Waals surface area contributed by atoms with Crippen LogP contribution in [0, 0.1) is 0 Å². The van der Waals surface area contributed by atoms with Crippen molar-refractivity contribution < 1.29 is 241 Å². The largest absolute Gasteiger partial charge is 0.488 e. The molecule has 0 aromatic rings. The molecule has 0 aromatic carbocycles. The minimum Gasteiger partial charge on any atom is -0.462 e. The van der Waals surface area contributed by atoms with E-state index in [1.165, 1.54) is 0 Å². The molecule has 4 fully saturated rings. The summed E-state index contributed by atoms with van der Waals surface area (Å²) in [5.74, 6) is -27.5. The number of rotatable bonds is 38. The van der Waals surface area contributed by atoms with Crippen LogP contribution in [0.15, 0.2) is 0 Å². The summed E-state index contributed by atoms with van der Waals surface area (Å²) < 4.78 is 200. The van der Waals surface area contributed by atoms with Crippen molar-refractivity contribution in [2.75, 3.05) is 26.4 Å². The first-order valence-corrected chi connectivity index (χ1v) is 38.6. The van der Waals surface area contributed by atoms with Gasteiger partial charge in [0.15, 0.2) is 97.7 Å². The second-order valence-corrected chi connectivity index (χ2v) is 29.2. The third-order valence-corrected chi connectivity index (χ3v) is 18.9. The Morgan fingerprint density at radius 1 is 0.207 bits per heavy atom. The van der Waals surface area contributed by atoms with E-state index in [0.29, 0.717) is 83.1 Å². The van der Waals surface area contributed by atoms with Gasteiger partial charge in [0.1, 0.15) is 50.8 Å². The first kappa shape index (κ1) is 103. The van der Waals surface area contributed by atoms with Gasteiger partial charge in [0.25, 0.3) is 0 Å². The maximum absolute atomic E-state index is 17.7. The first-order valence-electron chi connectivity index (χ1n) is 35.7. The Morgan fingerprint density at radius 3 is 0.479 bits per heavy atom. The normalized spacial score (nSPS) is 27.7. The molecule has 4 heterocycles. The van der Waals surface area contributed by atoms with E-state index in [1.807, 2.05) is 0 Å². The molecule has 4 aliphatic rings. The van der Waals surface area contributed by atoms with Gasteiger partial charge in [-0.05, 0) is 0 Å². The van der Waals surface area contributed by atoms with Crippen LogP contribution in [0.3, 0.4) is 0 Å². The molecule has 0 unspecified atom stereocenters. The molecule has 0 spiro atoms. The Kier molecular flexibility index (Phi) is 39.5. The Labute approximate surface area is 686 Å². The van der Waals surface area contributed by atoms with Crippen molar-refractivity contribution in [1.29, 1.82) is 0 Å². The molecule has 0 radical (unpaired) electrons. The van der Waals surface area contributed by atoms with Crippen LogP contribution in [0.25, 0.3) is 0 Å². The van der Waals surface area contributed by atoms with Gasteiger partial charge in [-0.2, -0.15) is 4.31 Å². The molecule has 51 nitrogen and oxygen atoms in total. The summed E-state index contributed by atoms with van der Waals surface area (Å²) in [6, 6.07) is 0. The topological polar surface area (TPSA) is 643 Å². The highest BCUT2D eigenvalue weighted by Gasteiger charge is 2.66. The second kappa shape index (κ2) is 46.5. The maximum Gasteiger partial charge on any atom is 0.488 e. The first-order chi connectivity index (χ1) is 56.1. The zero-order chi connectivity index (χ0) is 91.7. The van der Waals surface area contributed by atoms with Gasteiger partial charge in [-0.15, -0.1) is 0 Å². The lowest BCUT2D eigenvalue weighted by atomic mass is 9.94. The molecule has 53 heteroatoms. The van der Waals surface area contributed by atoms with Crippen molar-refractivity contribution >= 4 is 135 Å². The molecule has 0 bridgehead atoms. The van der Waals surface area contributed by atoms with E-state index >= 15 is 9.13 Å². The fraction of sp³-hybridized carbons (Fsp3) is 0.706. The summed E-state index contributed by atoms with van der Waals surface area (Å²) in [5, 5.41) is 0. The summed E-state index contributed by atoms with van der Waals surface area (Å²) in [6.45, 7) is 9.27. The van der Waals surface area contributed by atoms with Gasteiger partial charge in [0.05, 0.1) is 0 Å². The standard InChI is InChI=1S/C68H92O51P2/c1-25(69)91-21-45(95-29(5)73)49-53(99-33(9)77)57(103-37(13)81)61(107-41(17)85)65(111-49)115-120(89,116-66-62(108-42(18)86)58(104-38(14)82)54(100-34(10)78)50(112-66)46(96-30(6)74)22-92-26(2)70)119-121(90,117-67-63(109-43(19)87)59(105-39(15)83)55(101-35(11)79)51(113-67)47(97-31(7)75)23-93-27(3)71)118-68-64(110-44(20)88)60(106-40(16)84)56(102-36(12)80)52(114-68)48(98-32(8)76)24-94-28(4)72/h45-68H,21-24H2,1-20H3/t45-,46-,47-,48-,49+,50+,51+,52+,53+,54+,55+,56+,57-,58-,59-,60-,61-,62-,63-,64-,65+,66+,67+,68+/m0/s1. The molecule has 121 heavy (non-hydrogen) atoms. The average molecular weight is 1790 g/mol. The lowest BCUT2D eigenvalue weighted by molar-refractivity contribution is -0.317. The fourth-order valence-corrected chi connectivity index (χ4v) is 15.3. The summed E-state index contributed by atoms with van der Waals surface area (Å²) in [6.07, 6.45) is -63.6. The van der Waals surface area contributed by atoms with E-state index in [0.717, 1.165) is 55.4 Å². The summed E-state index contributed by atoms with van der Waals surface area (Å²) in [7, 11) is -15.0. The van der Waals surface area contributed by atoms with Crippen molar-refractivity contribution in [3.8, 4) is 0 Å². The number of esters is 20. The maximum atomic E-state index is 17.7. The zero-order valence-corrected chi connectivity index (χ0v) is 70.2. The van der Waals surface area contributed by atoms with E-state index < -0.39 is 309 Å². The Morgan fingerprint density at radius 2 is 0.347 bits per heavy atom. The van der Waals surface area contributed by atoms with E-state index in [2.05, 4.69) is 0 Å². The Hall–Kier alpha value is -10.5. The van der Waals surface area contributed by atoms with Crippen LogP contribution >= 0.6 is 15.6 Å².